The van der Waals surface area contributed by atoms with E-state index in [0.29, 0.717) is 16.6 Å². The van der Waals surface area contributed by atoms with Gasteiger partial charge in [-0.15, -0.1) is 0 Å². The molecule has 2 aromatic carbocycles. The third kappa shape index (κ3) is 3.57. The van der Waals surface area contributed by atoms with Gasteiger partial charge in [-0.05, 0) is 52.2 Å². The number of halogens is 4. The fourth-order valence-corrected chi connectivity index (χ4v) is 2.79. The van der Waals surface area contributed by atoms with Crippen LogP contribution in [0.5, 0.6) is 0 Å². The third-order valence-corrected chi connectivity index (χ3v) is 4.84. The first-order chi connectivity index (χ1) is 8.99. The highest BCUT2D eigenvalue weighted by molar-refractivity contribution is 9.10. The molecule has 2 aromatic rings. The summed E-state index contributed by atoms with van der Waals surface area (Å²) in [5.74, 6) is 0. The van der Waals surface area contributed by atoms with Crippen LogP contribution in [-0.4, -0.2) is 0 Å². The van der Waals surface area contributed by atoms with Gasteiger partial charge in [0.15, 0.2) is 0 Å². The second kappa shape index (κ2) is 6.36. The van der Waals surface area contributed by atoms with Crippen LogP contribution in [0.3, 0.4) is 0 Å². The molecular weight excluding hydrogens is 368 g/mol. The molecule has 0 atom stereocenters. The predicted molar refractivity (Wildman–Crippen MR) is 87.7 cm³/mol. The number of aryl methyl sites for hydroxylation is 1. The average Bonchev–Trinajstić information content (AvgIpc) is 2.37. The standard InChI is InChI=1S/C14H11BrCl3N/c1-8-2-3-9(11(16)6-8)7-19-12-5-4-10(15)13(17)14(12)18/h2-6,19H,7H2,1H3. The van der Waals surface area contributed by atoms with Crippen molar-refractivity contribution in [3.05, 3.63) is 61.0 Å². The molecule has 0 aliphatic heterocycles. The van der Waals surface area contributed by atoms with Gasteiger partial charge in [-0.2, -0.15) is 0 Å². The monoisotopic (exact) mass is 377 g/mol. The average molecular weight is 380 g/mol. The summed E-state index contributed by atoms with van der Waals surface area (Å²) in [5, 5.41) is 4.98. The summed E-state index contributed by atoms with van der Waals surface area (Å²) in [5.41, 5.74) is 2.94. The van der Waals surface area contributed by atoms with E-state index in [9.17, 15) is 0 Å². The second-order valence-electron chi connectivity index (χ2n) is 4.17. The molecule has 1 nitrogen and oxygen atoms in total. The van der Waals surface area contributed by atoms with Gasteiger partial charge >= 0.3 is 0 Å². The molecule has 0 heterocycles. The largest absolute Gasteiger partial charge is 0.380 e. The summed E-state index contributed by atoms with van der Waals surface area (Å²) < 4.78 is 0.776. The van der Waals surface area contributed by atoms with Gasteiger partial charge in [0.2, 0.25) is 0 Å². The van der Waals surface area contributed by atoms with Crippen molar-refractivity contribution in [1.29, 1.82) is 0 Å². The SMILES string of the molecule is Cc1ccc(CNc2ccc(Br)c(Cl)c2Cl)c(Cl)c1. The van der Waals surface area contributed by atoms with Gasteiger partial charge in [-0.25, -0.2) is 0 Å². The molecule has 0 radical (unpaired) electrons. The predicted octanol–water partition coefficient (Wildman–Crippen LogP) is 6.33. The number of benzene rings is 2. The smallest absolute Gasteiger partial charge is 0.0835 e. The van der Waals surface area contributed by atoms with Crippen LogP contribution >= 0.6 is 50.7 Å². The highest BCUT2D eigenvalue weighted by Gasteiger charge is 2.08. The van der Waals surface area contributed by atoms with E-state index in [2.05, 4.69) is 21.2 Å². The van der Waals surface area contributed by atoms with Gasteiger partial charge in [0.1, 0.15) is 0 Å². The topological polar surface area (TPSA) is 12.0 Å². The van der Waals surface area contributed by atoms with Crippen LogP contribution in [0.25, 0.3) is 0 Å². The molecule has 0 bridgehead atoms. The molecule has 19 heavy (non-hydrogen) atoms. The number of rotatable bonds is 3. The van der Waals surface area contributed by atoms with Crippen LogP contribution in [0.15, 0.2) is 34.8 Å². The minimum atomic E-state index is 0.499. The van der Waals surface area contributed by atoms with Crippen molar-refractivity contribution in [2.24, 2.45) is 0 Å². The minimum absolute atomic E-state index is 0.499. The minimum Gasteiger partial charge on any atom is -0.380 e. The maximum atomic E-state index is 6.19. The number of hydrogen-bond donors (Lipinski definition) is 1. The Kier molecular flexibility index (Phi) is 5.02. The Balaban J connectivity index is 2.17. The fraction of sp³-hybridized carbons (Fsp3) is 0.143. The van der Waals surface area contributed by atoms with Crippen molar-refractivity contribution in [2.45, 2.75) is 13.5 Å². The van der Waals surface area contributed by atoms with Crippen LogP contribution in [-0.2, 0) is 6.54 Å². The molecule has 0 aliphatic carbocycles. The maximum absolute atomic E-state index is 6.19. The number of hydrogen-bond acceptors (Lipinski definition) is 1. The summed E-state index contributed by atoms with van der Waals surface area (Å²) in [7, 11) is 0. The lowest BCUT2D eigenvalue weighted by molar-refractivity contribution is 1.14. The molecule has 0 saturated carbocycles. The summed E-state index contributed by atoms with van der Waals surface area (Å²) in [4.78, 5) is 0. The molecule has 2 rings (SSSR count). The summed E-state index contributed by atoms with van der Waals surface area (Å²) >= 11 is 21.8. The second-order valence-corrected chi connectivity index (χ2v) is 6.19. The van der Waals surface area contributed by atoms with Gasteiger partial charge in [0, 0.05) is 16.0 Å². The molecule has 0 spiro atoms. The lowest BCUT2D eigenvalue weighted by atomic mass is 10.1. The van der Waals surface area contributed by atoms with Gasteiger partial charge in [-0.3, -0.25) is 0 Å². The molecule has 0 saturated heterocycles. The zero-order valence-corrected chi connectivity index (χ0v) is 14.0. The van der Waals surface area contributed by atoms with E-state index in [-0.39, 0.29) is 0 Å². The number of anilines is 1. The lowest BCUT2D eigenvalue weighted by Gasteiger charge is -2.11. The summed E-state index contributed by atoms with van der Waals surface area (Å²) in [6.45, 7) is 2.60. The Morgan fingerprint density at radius 3 is 2.47 bits per heavy atom. The zero-order valence-electron chi connectivity index (χ0n) is 10.1. The Morgan fingerprint density at radius 1 is 1.05 bits per heavy atom. The highest BCUT2D eigenvalue weighted by atomic mass is 79.9. The van der Waals surface area contributed by atoms with Crippen molar-refractivity contribution >= 4 is 56.4 Å². The molecule has 0 amide bonds. The van der Waals surface area contributed by atoms with E-state index in [4.69, 9.17) is 34.8 Å². The van der Waals surface area contributed by atoms with Gasteiger partial charge < -0.3 is 5.32 Å². The van der Waals surface area contributed by atoms with E-state index >= 15 is 0 Å². The molecule has 0 aliphatic rings. The van der Waals surface area contributed by atoms with Crippen molar-refractivity contribution in [1.82, 2.24) is 0 Å². The zero-order chi connectivity index (χ0) is 14.0. The molecule has 0 unspecified atom stereocenters. The molecule has 0 fully saturated rings. The molecule has 1 N–H and O–H groups in total. The Hall–Kier alpha value is -0.410. The fourth-order valence-electron chi connectivity index (χ4n) is 1.65. The lowest BCUT2D eigenvalue weighted by Crippen LogP contribution is -2.01. The van der Waals surface area contributed by atoms with Crippen LogP contribution in [0.2, 0.25) is 15.1 Å². The Labute approximate surface area is 136 Å². The van der Waals surface area contributed by atoms with Crippen molar-refractivity contribution in [3.63, 3.8) is 0 Å². The normalized spacial score (nSPS) is 10.6. The molecule has 100 valence electrons. The van der Waals surface area contributed by atoms with Crippen LogP contribution in [0, 0.1) is 6.92 Å². The molecule has 5 heteroatoms. The molecule has 0 aromatic heterocycles. The van der Waals surface area contributed by atoms with Crippen molar-refractivity contribution in [3.8, 4) is 0 Å². The van der Waals surface area contributed by atoms with Gasteiger partial charge in [-0.1, -0.05) is 46.9 Å². The maximum Gasteiger partial charge on any atom is 0.0835 e. The Morgan fingerprint density at radius 2 is 1.79 bits per heavy atom. The third-order valence-electron chi connectivity index (χ3n) is 2.71. The van der Waals surface area contributed by atoms with Crippen molar-refractivity contribution in [2.75, 3.05) is 5.32 Å². The number of nitrogens with one attached hydrogen (secondary N) is 1. The van der Waals surface area contributed by atoms with E-state index in [1.807, 2.05) is 37.3 Å². The van der Waals surface area contributed by atoms with Crippen molar-refractivity contribution < 1.29 is 0 Å². The van der Waals surface area contributed by atoms with Crippen LogP contribution in [0.1, 0.15) is 11.1 Å². The Bertz CT molecular complexity index is 614. The van der Waals surface area contributed by atoms with E-state index in [1.165, 1.54) is 0 Å². The first kappa shape index (κ1) is 15.0. The summed E-state index contributed by atoms with van der Waals surface area (Å²) in [6.07, 6.45) is 0. The first-order valence-electron chi connectivity index (χ1n) is 5.61. The quantitative estimate of drug-likeness (QED) is 0.615. The van der Waals surface area contributed by atoms with E-state index in [0.717, 1.165) is 26.3 Å². The van der Waals surface area contributed by atoms with E-state index in [1.54, 1.807) is 0 Å². The summed E-state index contributed by atoms with van der Waals surface area (Å²) in [6, 6.07) is 9.69. The van der Waals surface area contributed by atoms with Gasteiger partial charge in [0.05, 0.1) is 15.7 Å². The molecular formula is C14H11BrCl3N. The van der Waals surface area contributed by atoms with Crippen LogP contribution in [0.4, 0.5) is 5.69 Å². The van der Waals surface area contributed by atoms with Gasteiger partial charge in [0.25, 0.3) is 0 Å². The van der Waals surface area contributed by atoms with Crippen LogP contribution < -0.4 is 5.32 Å². The van der Waals surface area contributed by atoms with E-state index < -0.39 is 0 Å². The first-order valence-corrected chi connectivity index (χ1v) is 7.54. The highest BCUT2D eigenvalue weighted by Crippen LogP contribution is 2.36.